The third kappa shape index (κ3) is 8.23. The number of nitrogens with zero attached hydrogens (tertiary/aromatic N) is 3. The molecule has 1 heterocycles. The Morgan fingerprint density at radius 2 is 1.60 bits per heavy atom. The van der Waals surface area contributed by atoms with Crippen LogP contribution in [-0.2, 0) is 25.7 Å². The normalized spacial score (nSPS) is 12.0. The SMILES string of the molecule is COc1ccc(CCc2ccc(F)cc2/C=C/C(CCc2ccc(C(=O)O)cc2)Cc2ccc(-c3nn[nH]n3)cc2)cc1. The van der Waals surface area contributed by atoms with Gasteiger partial charge in [0.15, 0.2) is 0 Å². The summed E-state index contributed by atoms with van der Waals surface area (Å²) in [7, 11) is 1.65. The van der Waals surface area contributed by atoms with Crippen molar-refractivity contribution in [2.45, 2.75) is 32.1 Å². The van der Waals surface area contributed by atoms with Crippen LogP contribution in [0.2, 0.25) is 0 Å². The summed E-state index contributed by atoms with van der Waals surface area (Å²) < 4.78 is 19.6. The molecule has 0 aliphatic rings. The zero-order valence-electron chi connectivity index (χ0n) is 23.9. The first kappa shape index (κ1) is 29.4. The number of H-pyrrole nitrogens is 1. The molecule has 0 amide bonds. The number of tetrazole rings is 1. The van der Waals surface area contributed by atoms with E-state index in [2.05, 4.69) is 51.0 Å². The average Bonchev–Trinajstić information content (AvgIpc) is 3.58. The van der Waals surface area contributed by atoms with E-state index in [9.17, 15) is 14.3 Å². The van der Waals surface area contributed by atoms with Crippen molar-refractivity contribution in [1.82, 2.24) is 20.6 Å². The third-order valence-corrected chi connectivity index (χ3v) is 7.56. The van der Waals surface area contributed by atoms with E-state index in [1.54, 1.807) is 25.3 Å². The van der Waals surface area contributed by atoms with Gasteiger partial charge in [0.1, 0.15) is 11.6 Å². The minimum Gasteiger partial charge on any atom is -0.497 e. The highest BCUT2D eigenvalue weighted by molar-refractivity contribution is 5.87. The molecule has 4 aromatic carbocycles. The minimum absolute atomic E-state index is 0.160. The predicted molar refractivity (Wildman–Crippen MR) is 164 cm³/mol. The van der Waals surface area contributed by atoms with Crippen LogP contribution >= 0.6 is 0 Å². The van der Waals surface area contributed by atoms with Gasteiger partial charge in [-0.25, -0.2) is 9.18 Å². The highest BCUT2D eigenvalue weighted by atomic mass is 19.1. The maximum Gasteiger partial charge on any atom is 0.335 e. The fourth-order valence-electron chi connectivity index (χ4n) is 5.07. The highest BCUT2D eigenvalue weighted by Crippen LogP contribution is 2.23. The van der Waals surface area contributed by atoms with Gasteiger partial charge in [-0.05, 0) is 107 Å². The van der Waals surface area contributed by atoms with Crippen LogP contribution in [0.15, 0.2) is 97.1 Å². The van der Waals surface area contributed by atoms with Crippen LogP contribution in [0.3, 0.4) is 0 Å². The summed E-state index contributed by atoms with van der Waals surface area (Å²) in [5, 5.41) is 23.4. The summed E-state index contributed by atoms with van der Waals surface area (Å²) in [5.74, 6) is 0.325. The second-order valence-corrected chi connectivity index (χ2v) is 10.5. The summed E-state index contributed by atoms with van der Waals surface area (Å²) in [6.45, 7) is 0. The number of aryl methyl sites for hydroxylation is 3. The molecule has 1 atom stereocenters. The van der Waals surface area contributed by atoms with Crippen molar-refractivity contribution in [3.05, 3.63) is 136 Å². The van der Waals surface area contributed by atoms with Gasteiger partial charge in [-0.15, -0.1) is 10.2 Å². The Bertz CT molecular complexity index is 1650. The highest BCUT2D eigenvalue weighted by Gasteiger charge is 2.11. The van der Waals surface area contributed by atoms with Crippen molar-refractivity contribution in [3.8, 4) is 17.1 Å². The van der Waals surface area contributed by atoms with Crippen LogP contribution in [0.4, 0.5) is 4.39 Å². The molecule has 7 nitrogen and oxygen atoms in total. The van der Waals surface area contributed by atoms with E-state index in [-0.39, 0.29) is 17.3 Å². The van der Waals surface area contributed by atoms with Crippen molar-refractivity contribution in [1.29, 1.82) is 0 Å². The maximum absolute atomic E-state index is 14.4. The standard InChI is InChI=1S/C35H33FN4O3/c1-43-33-20-10-25(11-21-33)4-12-28-18-19-32(36)23-31(28)17-9-26(3-2-24-5-15-30(16-6-24)35(41)42)22-27-7-13-29(14-8-27)34-37-39-40-38-34/h5-11,13-21,23,26H,2-4,12,22H2,1H3,(H,41,42)(H,37,38,39,40)/b17-9+. The van der Waals surface area contributed by atoms with Gasteiger partial charge in [-0.1, -0.05) is 66.7 Å². The molecular weight excluding hydrogens is 543 g/mol. The lowest BCUT2D eigenvalue weighted by Gasteiger charge is -2.15. The van der Waals surface area contributed by atoms with E-state index in [1.165, 1.54) is 11.6 Å². The number of carbonyl (C=O) groups is 1. The van der Waals surface area contributed by atoms with Gasteiger partial charge in [-0.3, -0.25) is 0 Å². The van der Waals surface area contributed by atoms with Gasteiger partial charge in [0.25, 0.3) is 0 Å². The molecule has 43 heavy (non-hydrogen) atoms. The van der Waals surface area contributed by atoms with Crippen molar-refractivity contribution in [3.63, 3.8) is 0 Å². The van der Waals surface area contributed by atoms with Gasteiger partial charge >= 0.3 is 5.97 Å². The molecule has 8 heteroatoms. The van der Waals surface area contributed by atoms with Gasteiger partial charge in [0.2, 0.25) is 5.82 Å². The van der Waals surface area contributed by atoms with E-state index < -0.39 is 5.97 Å². The summed E-state index contributed by atoms with van der Waals surface area (Å²) in [4.78, 5) is 11.3. The Morgan fingerprint density at radius 1 is 0.907 bits per heavy atom. The molecule has 1 aromatic heterocycles. The zero-order chi connectivity index (χ0) is 30.0. The number of rotatable bonds is 13. The maximum atomic E-state index is 14.4. The number of hydrogen-bond acceptors (Lipinski definition) is 5. The predicted octanol–water partition coefficient (Wildman–Crippen LogP) is 7.00. The lowest BCUT2D eigenvalue weighted by Crippen LogP contribution is -2.05. The molecule has 0 aliphatic carbocycles. The average molecular weight is 577 g/mol. The first-order valence-electron chi connectivity index (χ1n) is 14.2. The van der Waals surface area contributed by atoms with E-state index in [0.717, 1.165) is 65.7 Å². The number of benzene rings is 4. The van der Waals surface area contributed by atoms with Gasteiger partial charge < -0.3 is 9.84 Å². The molecular formula is C35H33FN4O3. The van der Waals surface area contributed by atoms with Gasteiger partial charge in [0.05, 0.1) is 12.7 Å². The Hall–Kier alpha value is -5.11. The second kappa shape index (κ2) is 14.2. The monoisotopic (exact) mass is 576 g/mol. The molecule has 0 saturated heterocycles. The van der Waals surface area contributed by atoms with Gasteiger partial charge in [-0.2, -0.15) is 5.21 Å². The molecule has 0 aliphatic heterocycles. The summed E-state index contributed by atoms with van der Waals surface area (Å²) in [6, 6.07) is 28.1. The second-order valence-electron chi connectivity index (χ2n) is 10.5. The fourth-order valence-corrected chi connectivity index (χ4v) is 5.07. The third-order valence-electron chi connectivity index (χ3n) is 7.56. The number of nitrogens with one attached hydrogen (secondary N) is 1. The number of halogens is 1. The zero-order valence-corrected chi connectivity index (χ0v) is 23.9. The lowest BCUT2D eigenvalue weighted by atomic mass is 9.90. The molecule has 5 aromatic rings. The molecule has 1 unspecified atom stereocenters. The van der Waals surface area contributed by atoms with Crippen molar-refractivity contribution < 1.29 is 19.0 Å². The van der Waals surface area contributed by atoms with Crippen molar-refractivity contribution >= 4 is 12.0 Å². The van der Waals surface area contributed by atoms with Crippen LogP contribution in [0, 0.1) is 11.7 Å². The number of methoxy groups -OCH3 is 1. The van der Waals surface area contributed by atoms with E-state index >= 15 is 0 Å². The molecule has 2 N–H and O–H groups in total. The Labute approximate surface area is 250 Å². The smallest absolute Gasteiger partial charge is 0.335 e. The Balaban J connectivity index is 1.33. The summed E-state index contributed by atoms with van der Waals surface area (Å²) in [6.07, 6.45) is 8.23. The first-order valence-corrected chi connectivity index (χ1v) is 14.2. The first-order chi connectivity index (χ1) is 21.0. The largest absolute Gasteiger partial charge is 0.497 e. The number of carboxylic acids is 1. The number of aromatic carboxylic acids is 1. The summed E-state index contributed by atoms with van der Waals surface area (Å²) >= 11 is 0. The number of hydrogen-bond donors (Lipinski definition) is 2. The fraction of sp³-hybridized carbons (Fsp3) is 0.200. The van der Waals surface area contributed by atoms with Crippen LogP contribution in [0.1, 0.15) is 44.6 Å². The number of allylic oxidation sites excluding steroid dienone is 1. The van der Waals surface area contributed by atoms with Crippen LogP contribution < -0.4 is 4.74 Å². The van der Waals surface area contributed by atoms with Crippen molar-refractivity contribution in [2.24, 2.45) is 5.92 Å². The molecule has 0 saturated carbocycles. The topological polar surface area (TPSA) is 101 Å². The van der Waals surface area contributed by atoms with E-state index in [1.807, 2.05) is 48.5 Å². The lowest BCUT2D eigenvalue weighted by molar-refractivity contribution is 0.0697. The van der Waals surface area contributed by atoms with Crippen LogP contribution in [0.25, 0.3) is 17.5 Å². The number of aromatic nitrogens is 4. The van der Waals surface area contributed by atoms with E-state index in [4.69, 9.17) is 4.74 Å². The van der Waals surface area contributed by atoms with Crippen LogP contribution in [-0.4, -0.2) is 38.8 Å². The number of ether oxygens (including phenoxy) is 1. The molecule has 0 radical (unpaired) electrons. The summed E-state index contributed by atoms with van der Waals surface area (Å²) in [5.41, 5.74) is 6.53. The Morgan fingerprint density at radius 3 is 2.28 bits per heavy atom. The minimum atomic E-state index is -0.936. The quantitative estimate of drug-likeness (QED) is 0.157. The van der Waals surface area contributed by atoms with Crippen molar-refractivity contribution in [2.75, 3.05) is 7.11 Å². The Kier molecular flexibility index (Phi) is 9.69. The molecule has 5 rings (SSSR count). The van der Waals surface area contributed by atoms with Gasteiger partial charge in [0, 0.05) is 5.56 Å². The number of aromatic amines is 1. The van der Waals surface area contributed by atoms with E-state index in [0.29, 0.717) is 5.82 Å². The molecule has 0 fully saturated rings. The molecule has 0 spiro atoms. The van der Waals surface area contributed by atoms with Crippen LogP contribution in [0.5, 0.6) is 5.75 Å². The molecule has 0 bridgehead atoms. The number of carboxylic acid groups (broad SMARTS) is 1. The molecule has 218 valence electrons.